The van der Waals surface area contributed by atoms with Crippen LogP contribution in [0.3, 0.4) is 0 Å². The molecule has 0 aromatic heterocycles. The van der Waals surface area contributed by atoms with E-state index in [1.807, 2.05) is 0 Å². The number of rotatable bonds is 1. The lowest BCUT2D eigenvalue weighted by molar-refractivity contribution is 0.300. The van der Waals surface area contributed by atoms with E-state index in [4.69, 9.17) is 4.74 Å². The SMILES string of the molecule is COC1=CCC2(C=C1)CC2. The highest BCUT2D eigenvalue weighted by Gasteiger charge is 2.40. The summed E-state index contributed by atoms with van der Waals surface area (Å²) in [5.74, 6) is 1.03. The molecule has 0 aromatic rings. The fourth-order valence-corrected chi connectivity index (χ4v) is 1.38. The van der Waals surface area contributed by atoms with E-state index in [2.05, 4.69) is 18.2 Å². The number of methoxy groups -OCH3 is 1. The second kappa shape index (κ2) is 1.88. The van der Waals surface area contributed by atoms with Crippen LogP contribution in [0.1, 0.15) is 19.3 Å². The summed E-state index contributed by atoms with van der Waals surface area (Å²) in [7, 11) is 1.72. The summed E-state index contributed by atoms with van der Waals surface area (Å²) >= 11 is 0. The van der Waals surface area contributed by atoms with Gasteiger partial charge in [-0.3, -0.25) is 0 Å². The first-order valence-electron chi connectivity index (χ1n) is 3.78. The lowest BCUT2D eigenvalue weighted by atomic mass is 9.97. The van der Waals surface area contributed by atoms with Gasteiger partial charge in [-0.25, -0.2) is 0 Å². The molecule has 1 nitrogen and oxygen atoms in total. The van der Waals surface area contributed by atoms with E-state index in [0.29, 0.717) is 5.41 Å². The molecule has 2 aliphatic carbocycles. The van der Waals surface area contributed by atoms with Crippen molar-refractivity contribution in [3.8, 4) is 0 Å². The van der Waals surface area contributed by atoms with Crippen LogP contribution < -0.4 is 0 Å². The van der Waals surface area contributed by atoms with Crippen molar-refractivity contribution in [2.75, 3.05) is 7.11 Å². The predicted molar refractivity (Wildman–Crippen MR) is 40.5 cm³/mol. The highest BCUT2D eigenvalue weighted by atomic mass is 16.5. The Morgan fingerprint density at radius 2 is 2.30 bits per heavy atom. The van der Waals surface area contributed by atoms with E-state index >= 15 is 0 Å². The maximum absolute atomic E-state index is 5.09. The molecular weight excluding hydrogens is 124 g/mol. The fourth-order valence-electron chi connectivity index (χ4n) is 1.38. The first kappa shape index (κ1) is 6.02. The average molecular weight is 136 g/mol. The van der Waals surface area contributed by atoms with E-state index in [1.54, 1.807) is 7.11 Å². The van der Waals surface area contributed by atoms with Gasteiger partial charge in [0, 0.05) is 0 Å². The lowest BCUT2D eigenvalue weighted by Crippen LogP contribution is -1.99. The van der Waals surface area contributed by atoms with Crippen LogP contribution >= 0.6 is 0 Å². The molecule has 0 bridgehead atoms. The molecule has 0 saturated heterocycles. The summed E-state index contributed by atoms with van der Waals surface area (Å²) in [6.07, 6.45) is 10.5. The third-order valence-corrected chi connectivity index (χ3v) is 2.44. The van der Waals surface area contributed by atoms with E-state index < -0.39 is 0 Å². The molecule has 0 aromatic carbocycles. The van der Waals surface area contributed by atoms with Crippen molar-refractivity contribution in [2.45, 2.75) is 19.3 Å². The Morgan fingerprint density at radius 1 is 1.50 bits per heavy atom. The van der Waals surface area contributed by atoms with Crippen molar-refractivity contribution in [3.05, 3.63) is 24.0 Å². The molecule has 0 heterocycles. The maximum atomic E-state index is 5.09. The average Bonchev–Trinajstić information content (AvgIpc) is 2.72. The second-order valence-electron chi connectivity index (χ2n) is 3.21. The Bertz CT molecular complexity index is 197. The van der Waals surface area contributed by atoms with Crippen LogP contribution in [0.4, 0.5) is 0 Å². The molecule has 10 heavy (non-hydrogen) atoms. The zero-order valence-corrected chi connectivity index (χ0v) is 6.26. The van der Waals surface area contributed by atoms with Gasteiger partial charge < -0.3 is 4.74 Å². The third kappa shape index (κ3) is 0.859. The molecule has 1 heteroatoms. The molecule has 1 fully saturated rings. The molecule has 0 N–H and O–H groups in total. The zero-order chi connectivity index (χ0) is 7.03. The minimum atomic E-state index is 0.571. The molecule has 1 spiro atoms. The topological polar surface area (TPSA) is 9.23 Å². The van der Waals surface area contributed by atoms with Gasteiger partial charge >= 0.3 is 0 Å². The van der Waals surface area contributed by atoms with Crippen LogP contribution in [0.15, 0.2) is 24.0 Å². The van der Waals surface area contributed by atoms with Gasteiger partial charge in [0.1, 0.15) is 5.76 Å². The van der Waals surface area contributed by atoms with Gasteiger partial charge in [0.05, 0.1) is 7.11 Å². The maximum Gasteiger partial charge on any atom is 0.114 e. The number of allylic oxidation sites excluding steroid dienone is 3. The van der Waals surface area contributed by atoms with Crippen LogP contribution in [0.5, 0.6) is 0 Å². The second-order valence-corrected chi connectivity index (χ2v) is 3.21. The first-order chi connectivity index (χ1) is 4.85. The summed E-state index contributed by atoms with van der Waals surface area (Å²) in [4.78, 5) is 0. The Morgan fingerprint density at radius 3 is 2.70 bits per heavy atom. The minimum Gasteiger partial charge on any atom is -0.497 e. The molecule has 0 unspecified atom stereocenters. The van der Waals surface area contributed by atoms with E-state index in [9.17, 15) is 0 Å². The molecule has 2 aliphatic rings. The monoisotopic (exact) mass is 136 g/mol. The number of hydrogen-bond acceptors (Lipinski definition) is 1. The van der Waals surface area contributed by atoms with E-state index in [0.717, 1.165) is 5.76 Å². The Balaban J connectivity index is 2.09. The van der Waals surface area contributed by atoms with Gasteiger partial charge in [0.25, 0.3) is 0 Å². The van der Waals surface area contributed by atoms with Gasteiger partial charge in [0.15, 0.2) is 0 Å². The summed E-state index contributed by atoms with van der Waals surface area (Å²) in [5, 5.41) is 0. The van der Waals surface area contributed by atoms with Crippen LogP contribution in [-0.2, 0) is 4.74 Å². The summed E-state index contributed by atoms with van der Waals surface area (Å²) < 4.78 is 5.09. The fraction of sp³-hybridized carbons (Fsp3) is 0.556. The van der Waals surface area contributed by atoms with Crippen LogP contribution in [0.2, 0.25) is 0 Å². The van der Waals surface area contributed by atoms with Crippen LogP contribution in [0.25, 0.3) is 0 Å². The third-order valence-electron chi connectivity index (χ3n) is 2.44. The quantitative estimate of drug-likeness (QED) is 0.537. The highest BCUT2D eigenvalue weighted by molar-refractivity contribution is 5.26. The van der Waals surface area contributed by atoms with Crippen LogP contribution in [0, 0.1) is 5.41 Å². The van der Waals surface area contributed by atoms with E-state index in [-0.39, 0.29) is 0 Å². The summed E-state index contributed by atoms with van der Waals surface area (Å²) in [6.45, 7) is 0. The Labute approximate surface area is 61.4 Å². The standard InChI is InChI=1S/C9H12O/c1-10-8-2-4-9(5-3-8)6-7-9/h2-4H,5-7H2,1H3. The first-order valence-corrected chi connectivity index (χ1v) is 3.78. The summed E-state index contributed by atoms with van der Waals surface area (Å²) in [5.41, 5.74) is 0.571. The molecule has 0 atom stereocenters. The molecule has 0 aliphatic heterocycles. The van der Waals surface area contributed by atoms with Crippen molar-refractivity contribution in [2.24, 2.45) is 5.41 Å². The van der Waals surface area contributed by atoms with Crippen molar-refractivity contribution >= 4 is 0 Å². The van der Waals surface area contributed by atoms with Crippen molar-refractivity contribution in [1.29, 1.82) is 0 Å². The summed E-state index contributed by atoms with van der Waals surface area (Å²) in [6, 6.07) is 0. The predicted octanol–water partition coefficient (Wildman–Crippen LogP) is 2.26. The van der Waals surface area contributed by atoms with Gasteiger partial charge in [-0.1, -0.05) is 6.08 Å². The molecule has 0 amide bonds. The van der Waals surface area contributed by atoms with Gasteiger partial charge in [-0.2, -0.15) is 0 Å². The molecule has 54 valence electrons. The number of ether oxygens (including phenoxy) is 1. The molecule has 2 rings (SSSR count). The largest absolute Gasteiger partial charge is 0.497 e. The zero-order valence-electron chi connectivity index (χ0n) is 6.26. The lowest BCUT2D eigenvalue weighted by Gasteiger charge is -2.12. The number of hydrogen-bond donors (Lipinski definition) is 0. The Hall–Kier alpha value is -0.720. The smallest absolute Gasteiger partial charge is 0.114 e. The van der Waals surface area contributed by atoms with Gasteiger partial charge in [0.2, 0.25) is 0 Å². The van der Waals surface area contributed by atoms with Gasteiger partial charge in [-0.15, -0.1) is 0 Å². The van der Waals surface area contributed by atoms with Crippen molar-refractivity contribution in [3.63, 3.8) is 0 Å². The van der Waals surface area contributed by atoms with Gasteiger partial charge in [-0.05, 0) is 36.8 Å². The Kier molecular flexibility index (Phi) is 1.13. The molecule has 1 saturated carbocycles. The molecular formula is C9H12O. The molecule has 0 radical (unpaired) electrons. The highest BCUT2D eigenvalue weighted by Crippen LogP contribution is 2.52. The van der Waals surface area contributed by atoms with Crippen molar-refractivity contribution < 1.29 is 4.74 Å². The minimum absolute atomic E-state index is 0.571. The normalized spacial score (nSPS) is 26.3. The van der Waals surface area contributed by atoms with Crippen molar-refractivity contribution in [1.82, 2.24) is 0 Å². The van der Waals surface area contributed by atoms with E-state index in [1.165, 1.54) is 19.3 Å². The van der Waals surface area contributed by atoms with Crippen LogP contribution in [-0.4, -0.2) is 7.11 Å².